The predicted molar refractivity (Wildman–Crippen MR) is 138 cm³/mol. The van der Waals surface area contributed by atoms with Crippen molar-refractivity contribution in [2.75, 3.05) is 21.3 Å². The minimum Gasteiger partial charge on any atom is -0.456 e. The SMILES string of the molecule is C=CC(C)CC/C=C(/C)C(CC)CC[Si](C)(C)O[Si](C)(C)CC[Si](OC)(OC)OC. The third kappa shape index (κ3) is 11.6. The summed E-state index contributed by atoms with van der Waals surface area (Å²) in [4.78, 5) is 0. The zero-order valence-corrected chi connectivity index (χ0v) is 24.6. The maximum atomic E-state index is 6.86. The average Bonchev–Trinajstić information content (AvgIpc) is 2.68. The van der Waals surface area contributed by atoms with Crippen molar-refractivity contribution in [2.45, 2.75) is 90.8 Å². The number of hydrogen-bond donors (Lipinski definition) is 0. The Morgan fingerprint density at radius 1 is 0.900 bits per heavy atom. The van der Waals surface area contributed by atoms with Crippen LogP contribution in [0.1, 0.15) is 46.5 Å². The molecule has 0 radical (unpaired) electrons. The zero-order valence-electron chi connectivity index (χ0n) is 21.6. The Hall–Kier alpha value is -0.0294. The molecule has 2 unspecified atom stereocenters. The first-order chi connectivity index (χ1) is 13.9. The summed E-state index contributed by atoms with van der Waals surface area (Å²) in [6.07, 6.45) is 9.27. The highest BCUT2D eigenvalue weighted by Gasteiger charge is 2.42. The van der Waals surface area contributed by atoms with E-state index in [0.717, 1.165) is 18.5 Å². The van der Waals surface area contributed by atoms with Gasteiger partial charge in [-0.15, -0.1) is 6.58 Å². The van der Waals surface area contributed by atoms with E-state index < -0.39 is 25.4 Å². The van der Waals surface area contributed by atoms with Crippen LogP contribution in [-0.2, 0) is 17.4 Å². The summed E-state index contributed by atoms with van der Waals surface area (Å²) in [7, 11) is -1.01. The van der Waals surface area contributed by atoms with Gasteiger partial charge in [-0.1, -0.05) is 31.6 Å². The van der Waals surface area contributed by atoms with Crippen LogP contribution in [0.4, 0.5) is 0 Å². The molecule has 0 spiro atoms. The Balaban J connectivity index is 4.79. The van der Waals surface area contributed by atoms with Crippen LogP contribution in [0.3, 0.4) is 0 Å². The lowest BCUT2D eigenvalue weighted by Gasteiger charge is -2.36. The van der Waals surface area contributed by atoms with Crippen molar-refractivity contribution in [2.24, 2.45) is 11.8 Å². The van der Waals surface area contributed by atoms with E-state index in [1.165, 1.54) is 25.3 Å². The molecule has 0 saturated carbocycles. The molecule has 0 N–H and O–H groups in total. The molecule has 0 aliphatic carbocycles. The Bertz CT molecular complexity index is 508. The molecule has 0 saturated heterocycles. The molecule has 178 valence electrons. The summed E-state index contributed by atoms with van der Waals surface area (Å²) in [5.41, 5.74) is 1.55. The highest BCUT2D eigenvalue weighted by molar-refractivity contribution is 6.85. The van der Waals surface area contributed by atoms with Crippen LogP contribution in [0.2, 0.25) is 44.3 Å². The second kappa shape index (κ2) is 14.2. The monoisotopic (exact) mass is 474 g/mol. The molecule has 7 heteroatoms. The van der Waals surface area contributed by atoms with Crippen LogP contribution < -0.4 is 0 Å². The molecular weight excluding hydrogens is 425 g/mol. The van der Waals surface area contributed by atoms with Crippen LogP contribution in [0.5, 0.6) is 0 Å². The molecular formula is C23H50O4Si3. The molecule has 0 aliphatic rings. The van der Waals surface area contributed by atoms with E-state index in [-0.39, 0.29) is 0 Å². The first kappa shape index (κ1) is 30.0. The fourth-order valence-electron chi connectivity index (χ4n) is 3.99. The zero-order chi connectivity index (χ0) is 23.4. The lowest BCUT2D eigenvalue weighted by molar-refractivity contribution is 0.125. The molecule has 30 heavy (non-hydrogen) atoms. The maximum Gasteiger partial charge on any atom is 0.499 e. The van der Waals surface area contributed by atoms with Gasteiger partial charge in [-0.25, -0.2) is 0 Å². The maximum absolute atomic E-state index is 6.86. The molecule has 0 fully saturated rings. The second-order valence-corrected chi connectivity index (χ2v) is 21.7. The van der Waals surface area contributed by atoms with E-state index in [1.807, 2.05) is 0 Å². The second-order valence-electron chi connectivity index (χ2n) is 9.80. The van der Waals surface area contributed by atoms with E-state index >= 15 is 0 Å². The Morgan fingerprint density at radius 2 is 1.43 bits per heavy atom. The first-order valence-corrected chi connectivity index (χ1v) is 19.7. The van der Waals surface area contributed by atoms with Gasteiger partial charge < -0.3 is 17.4 Å². The highest BCUT2D eigenvalue weighted by Crippen LogP contribution is 2.30. The van der Waals surface area contributed by atoms with Gasteiger partial charge in [0.2, 0.25) is 0 Å². The molecule has 0 bridgehead atoms. The largest absolute Gasteiger partial charge is 0.499 e. The molecule has 0 heterocycles. The Morgan fingerprint density at radius 3 is 1.90 bits per heavy atom. The molecule has 2 atom stereocenters. The summed E-state index contributed by atoms with van der Waals surface area (Å²) in [6.45, 7) is 20.2. The van der Waals surface area contributed by atoms with Gasteiger partial charge in [0.25, 0.3) is 0 Å². The van der Waals surface area contributed by atoms with Crippen molar-refractivity contribution < 1.29 is 17.4 Å². The Kier molecular flexibility index (Phi) is 14.2. The minimum absolute atomic E-state index is 0.595. The molecule has 0 rings (SSSR count). The van der Waals surface area contributed by atoms with Gasteiger partial charge in [0.15, 0.2) is 16.6 Å². The third-order valence-electron chi connectivity index (χ3n) is 6.24. The van der Waals surface area contributed by atoms with E-state index in [9.17, 15) is 0 Å². The van der Waals surface area contributed by atoms with Crippen LogP contribution in [0, 0.1) is 11.8 Å². The fourth-order valence-corrected chi connectivity index (χ4v) is 16.6. The van der Waals surface area contributed by atoms with Gasteiger partial charge in [0.1, 0.15) is 0 Å². The molecule has 0 aromatic heterocycles. The van der Waals surface area contributed by atoms with Crippen molar-refractivity contribution in [3.63, 3.8) is 0 Å². The Labute approximate surface area is 191 Å². The van der Waals surface area contributed by atoms with Crippen LogP contribution in [0.25, 0.3) is 0 Å². The number of allylic oxidation sites excluding steroid dienone is 3. The lowest BCUT2D eigenvalue weighted by atomic mass is 9.93. The molecule has 0 aromatic carbocycles. The van der Waals surface area contributed by atoms with E-state index in [1.54, 1.807) is 26.9 Å². The third-order valence-corrected chi connectivity index (χ3v) is 16.8. The van der Waals surface area contributed by atoms with E-state index in [0.29, 0.717) is 11.8 Å². The van der Waals surface area contributed by atoms with Crippen LogP contribution in [0.15, 0.2) is 24.3 Å². The van der Waals surface area contributed by atoms with Crippen molar-refractivity contribution in [3.8, 4) is 0 Å². The quantitative estimate of drug-likeness (QED) is 0.164. The van der Waals surface area contributed by atoms with Gasteiger partial charge in [0.05, 0.1) is 0 Å². The van der Waals surface area contributed by atoms with Crippen LogP contribution >= 0.6 is 0 Å². The predicted octanol–water partition coefficient (Wildman–Crippen LogP) is 7.26. The normalized spacial score (nSPS) is 15.9. The molecule has 4 nitrogen and oxygen atoms in total. The van der Waals surface area contributed by atoms with E-state index in [2.05, 4.69) is 65.7 Å². The fraction of sp³-hybridized carbons (Fsp3) is 0.826. The van der Waals surface area contributed by atoms with Gasteiger partial charge in [-0.2, -0.15) is 0 Å². The summed E-state index contributed by atoms with van der Waals surface area (Å²) in [5, 5.41) is 0. The average molecular weight is 475 g/mol. The molecule has 0 aliphatic heterocycles. The topological polar surface area (TPSA) is 36.9 Å². The number of rotatable bonds is 17. The standard InChI is InChI=1S/C23H50O4Si3/c1-12-21(3)15-14-16-22(4)23(13-2)17-18-28(8,9)27-29(10,11)19-20-30(24-5,25-6)26-7/h12,16,21,23H,1,13-15,17-20H2,2-11H3/b22-16-. The minimum atomic E-state index is -2.53. The summed E-state index contributed by atoms with van der Waals surface area (Å²) in [5.74, 6) is 1.26. The van der Waals surface area contributed by atoms with Gasteiger partial charge >= 0.3 is 8.80 Å². The van der Waals surface area contributed by atoms with Gasteiger partial charge in [-0.05, 0) is 82.7 Å². The summed E-state index contributed by atoms with van der Waals surface area (Å²) < 4.78 is 23.6. The van der Waals surface area contributed by atoms with E-state index in [4.69, 9.17) is 17.4 Å². The first-order valence-electron chi connectivity index (χ1n) is 11.5. The van der Waals surface area contributed by atoms with Gasteiger partial charge in [0, 0.05) is 27.4 Å². The highest BCUT2D eigenvalue weighted by atomic mass is 28.4. The van der Waals surface area contributed by atoms with Crippen molar-refractivity contribution in [1.29, 1.82) is 0 Å². The van der Waals surface area contributed by atoms with Crippen molar-refractivity contribution in [1.82, 2.24) is 0 Å². The summed E-state index contributed by atoms with van der Waals surface area (Å²) in [6, 6.07) is 3.03. The smallest absolute Gasteiger partial charge is 0.456 e. The molecule has 0 amide bonds. The van der Waals surface area contributed by atoms with Crippen molar-refractivity contribution >= 4 is 25.4 Å². The summed E-state index contributed by atoms with van der Waals surface area (Å²) >= 11 is 0. The van der Waals surface area contributed by atoms with Crippen molar-refractivity contribution in [3.05, 3.63) is 24.3 Å². The van der Waals surface area contributed by atoms with Crippen LogP contribution in [-0.4, -0.2) is 46.8 Å². The molecule has 0 aromatic rings. The number of hydrogen-bond acceptors (Lipinski definition) is 4. The lowest BCUT2D eigenvalue weighted by Crippen LogP contribution is -2.48. The van der Waals surface area contributed by atoms with Gasteiger partial charge in [-0.3, -0.25) is 0 Å².